The second kappa shape index (κ2) is 9.45. The smallest absolute Gasteiger partial charge is 0.254 e. The third kappa shape index (κ3) is 4.90. The van der Waals surface area contributed by atoms with Gasteiger partial charge in [-0.3, -0.25) is 9.59 Å². The molecule has 2 amide bonds. The molecule has 10 heteroatoms. The molecule has 4 rings (SSSR count). The van der Waals surface area contributed by atoms with Crippen molar-refractivity contribution >= 4 is 23.5 Å². The quantitative estimate of drug-likeness (QED) is 0.498. The zero-order valence-electron chi connectivity index (χ0n) is 18.7. The molecular weight excluding hydrogens is 424 g/mol. The molecule has 1 aromatic carbocycles. The van der Waals surface area contributed by atoms with Gasteiger partial charge in [-0.05, 0) is 32.3 Å². The summed E-state index contributed by atoms with van der Waals surface area (Å²) >= 11 is 0. The maximum atomic E-state index is 12.5. The fourth-order valence-corrected chi connectivity index (χ4v) is 3.96. The number of aromatic nitrogens is 3. The van der Waals surface area contributed by atoms with Crippen molar-refractivity contribution in [3.05, 3.63) is 47.2 Å². The van der Waals surface area contributed by atoms with Crippen LogP contribution in [0.5, 0.6) is 0 Å². The average Bonchev–Trinajstić information content (AvgIpc) is 3.39. The molecule has 1 saturated heterocycles. The molecule has 0 aliphatic carbocycles. The van der Waals surface area contributed by atoms with E-state index < -0.39 is 5.91 Å². The number of nitrogens with two attached hydrogens (primary N) is 2. The third-order valence-corrected chi connectivity index (χ3v) is 5.69. The van der Waals surface area contributed by atoms with Crippen LogP contribution >= 0.6 is 0 Å². The molecule has 1 aliphatic rings. The second-order valence-corrected chi connectivity index (χ2v) is 8.43. The molecule has 2 aromatic heterocycles. The van der Waals surface area contributed by atoms with Gasteiger partial charge in [0.05, 0.1) is 6.42 Å². The molecule has 0 spiro atoms. The van der Waals surface area contributed by atoms with Gasteiger partial charge in [0.15, 0.2) is 5.82 Å². The number of anilines is 2. The Balaban J connectivity index is 1.43. The van der Waals surface area contributed by atoms with Gasteiger partial charge in [0.25, 0.3) is 5.91 Å². The predicted octanol–water partition coefficient (Wildman–Crippen LogP) is 2.88. The second-order valence-electron chi connectivity index (χ2n) is 8.43. The molecule has 5 N–H and O–H groups in total. The van der Waals surface area contributed by atoms with E-state index in [0.717, 1.165) is 24.2 Å². The van der Waals surface area contributed by atoms with E-state index in [1.54, 1.807) is 35.0 Å². The van der Waals surface area contributed by atoms with Crippen LogP contribution in [0.25, 0.3) is 11.3 Å². The maximum absolute atomic E-state index is 12.5. The molecule has 3 heterocycles. The monoisotopic (exact) mass is 452 g/mol. The Kier molecular flexibility index (Phi) is 6.45. The van der Waals surface area contributed by atoms with Crippen molar-refractivity contribution in [2.75, 3.05) is 24.3 Å². The number of nitrogen functional groups attached to an aromatic ring is 1. The lowest BCUT2D eigenvalue weighted by molar-refractivity contribution is -0.115. The molecule has 3 aromatic rings. The molecule has 0 unspecified atom stereocenters. The van der Waals surface area contributed by atoms with Gasteiger partial charge >= 0.3 is 0 Å². The van der Waals surface area contributed by atoms with E-state index >= 15 is 0 Å². The van der Waals surface area contributed by atoms with Crippen LogP contribution in [-0.4, -0.2) is 40.0 Å². The molecule has 1 fully saturated rings. The van der Waals surface area contributed by atoms with Crippen molar-refractivity contribution < 1.29 is 18.8 Å². The molecular formula is C23H28N6O4. The lowest BCUT2D eigenvalue weighted by Gasteiger charge is -2.18. The highest BCUT2D eigenvalue weighted by Crippen LogP contribution is 2.30. The minimum atomic E-state index is -0.634. The van der Waals surface area contributed by atoms with Crippen molar-refractivity contribution in [2.24, 2.45) is 5.73 Å². The number of benzene rings is 1. The van der Waals surface area contributed by atoms with Gasteiger partial charge in [0.2, 0.25) is 5.91 Å². The van der Waals surface area contributed by atoms with Crippen molar-refractivity contribution in [3.8, 4) is 11.3 Å². The SMILES string of the molecule is CC(C)n1nc(-c2ccc(CC(=O)Nc3cc(C4CCOCC4)on3)cc2)c(C(N)=O)c1N. The number of amides is 2. The minimum Gasteiger partial charge on any atom is -0.383 e. The predicted molar refractivity (Wildman–Crippen MR) is 123 cm³/mol. The summed E-state index contributed by atoms with van der Waals surface area (Å²) in [7, 11) is 0. The van der Waals surface area contributed by atoms with Crippen LogP contribution in [-0.2, 0) is 16.0 Å². The zero-order valence-corrected chi connectivity index (χ0v) is 18.7. The summed E-state index contributed by atoms with van der Waals surface area (Å²) in [6.45, 7) is 5.24. The van der Waals surface area contributed by atoms with E-state index in [1.165, 1.54) is 0 Å². The van der Waals surface area contributed by atoms with E-state index in [-0.39, 0.29) is 35.7 Å². The summed E-state index contributed by atoms with van der Waals surface area (Å²) in [5.74, 6) is 0.834. The Hall–Kier alpha value is -3.66. The number of hydrogen-bond acceptors (Lipinski definition) is 7. The number of rotatable bonds is 7. The number of carbonyl (C=O) groups is 2. The lowest BCUT2D eigenvalue weighted by atomic mass is 9.98. The maximum Gasteiger partial charge on any atom is 0.254 e. The molecule has 0 radical (unpaired) electrons. The summed E-state index contributed by atoms with van der Waals surface area (Å²) in [5, 5.41) is 11.2. The van der Waals surface area contributed by atoms with E-state index in [0.29, 0.717) is 30.3 Å². The number of nitrogens with one attached hydrogen (secondary N) is 1. The van der Waals surface area contributed by atoms with Gasteiger partial charge in [-0.1, -0.05) is 29.4 Å². The van der Waals surface area contributed by atoms with Gasteiger partial charge < -0.3 is 26.0 Å². The van der Waals surface area contributed by atoms with Crippen LogP contribution in [0.4, 0.5) is 11.6 Å². The first-order valence-corrected chi connectivity index (χ1v) is 10.9. The van der Waals surface area contributed by atoms with Gasteiger partial charge in [-0.25, -0.2) is 4.68 Å². The molecule has 10 nitrogen and oxygen atoms in total. The van der Waals surface area contributed by atoms with Crippen LogP contribution < -0.4 is 16.8 Å². The highest BCUT2D eigenvalue weighted by atomic mass is 16.5. The van der Waals surface area contributed by atoms with Crippen LogP contribution in [0.2, 0.25) is 0 Å². The lowest BCUT2D eigenvalue weighted by Crippen LogP contribution is -2.15. The third-order valence-electron chi connectivity index (χ3n) is 5.69. The number of ether oxygens (including phenoxy) is 1. The summed E-state index contributed by atoms with van der Waals surface area (Å²) < 4.78 is 12.3. The number of carbonyl (C=O) groups excluding carboxylic acids is 2. The van der Waals surface area contributed by atoms with Crippen LogP contribution in [0.1, 0.15) is 60.3 Å². The number of nitrogens with zero attached hydrogens (tertiary/aromatic N) is 3. The van der Waals surface area contributed by atoms with Gasteiger partial charge in [0.1, 0.15) is 22.8 Å². The Morgan fingerprint density at radius 1 is 1.21 bits per heavy atom. The van der Waals surface area contributed by atoms with E-state index in [4.69, 9.17) is 20.7 Å². The van der Waals surface area contributed by atoms with E-state index in [1.807, 2.05) is 13.8 Å². The molecule has 1 aliphatic heterocycles. The number of hydrogen-bond donors (Lipinski definition) is 3. The molecule has 0 saturated carbocycles. The van der Waals surface area contributed by atoms with Crippen LogP contribution in [0.15, 0.2) is 34.9 Å². The molecule has 0 atom stereocenters. The Labute approximate surface area is 191 Å². The first-order valence-electron chi connectivity index (χ1n) is 10.9. The standard InChI is InChI=1S/C23H28N6O4/c1-13(2)29-22(24)20(23(25)31)21(27-29)16-5-3-14(4-6-16)11-19(30)26-18-12-17(33-28-18)15-7-9-32-10-8-15/h3-6,12-13,15H,7-11,24H2,1-2H3,(H2,25,31)(H,26,28,30). The highest BCUT2D eigenvalue weighted by Gasteiger charge is 2.23. The van der Waals surface area contributed by atoms with Crippen molar-refractivity contribution in [1.29, 1.82) is 0 Å². The van der Waals surface area contributed by atoms with Gasteiger partial charge in [0, 0.05) is 36.8 Å². The highest BCUT2D eigenvalue weighted by molar-refractivity contribution is 6.03. The summed E-state index contributed by atoms with van der Waals surface area (Å²) in [6, 6.07) is 8.95. The summed E-state index contributed by atoms with van der Waals surface area (Å²) in [5.41, 5.74) is 13.7. The Bertz CT molecular complexity index is 1140. The topological polar surface area (TPSA) is 151 Å². The van der Waals surface area contributed by atoms with Gasteiger partial charge in [-0.2, -0.15) is 5.10 Å². The minimum absolute atomic E-state index is 0.0247. The average molecular weight is 453 g/mol. The normalized spacial score (nSPS) is 14.5. The van der Waals surface area contributed by atoms with Crippen LogP contribution in [0, 0.1) is 0 Å². The Morgan fingerprint density at radius 3 is 2.55 bits per heavy atom. The van der Waals surface area contributed by atoms with Gasteiger partial charge in [-0.15, -0.1) is 0 Å². The summed E-state index contributed by atoms with van der Waals surface area (Å²) in [4.78, 5) is 24.4. The fraction of sp³-hybridized carbons (Fsp3) is 0.391. The van der Waals surface area contributed by atoms with Crippen molar-refractivity contribution in [3.63, 3.8) is 0 Å². The first kappa shape index (κ1) is 22.5. The largest absolute Gasteiger partial charge is 0.383 e. The fourth-order valence-electron chi connectivity index (χ4n) is 3.96. The first-order chi connectivity index (χ1) is 15.8. The zero-order chi connectivity index (χ0) is 23.5. The molecule has 0 bridgehead atoms. The van der Waals surface area contributed by atoms with Crippen molar-refractivity contribution in [2.45, 2.75) is 45.1 Å². The molecule has 33 heavy (non-hydrogen) atoms. The summed E-state index contributed by atoms with van der Waals surface area (Å²) in [6.07, 6.45) is 1.92. The van der Waals surface area contributed by atoms with E-state index in [9.17, 15) is 9.59 Å². The number of primary amides is 1. The van der Waals surface area contributed by atoms with Crippen LogP contribution in [0.3, 0.4) is 0 Å². The Morgan fingerprint density at radius 2 is 1.91 bits per heavy atom. The van der Waals surface area contributed by atoms with E-state index in [2.05, 4.69) is 15.6 Å². The molecule has 174 valence electrons. The van der Waals surface area contributed by atoms with Crippen molar-refractivity contribution in [1.82, 2.24) is 14.9 Å².